The molecule has 0 aromatic carbocycles. The van der Waals surface area contributed by atoms with Gasteiger partial charge in [0.05, 0.1) is 6.07 Å². The molecule has 2 nitrogen and oxygen atoms in total. The van der Waals surface area contributed by atoms with Crippen LogP contribution in [0, 0.1) is 11.3 Å². The van der Waals surface area contributed by atoms with Gasteiger partial charge in [0.1, 0.15) is 0 Å². The second kappa shape index (κ2) is 5.15. The quantitative estimate of drug-likeness (QED) is 0.229. The molecule has 6 heteroatoms. The zero-order chi connectivity index (χ0) is 7.49. The molecule has 0 saturated heterocycles. The van der Waals surface area contributed by atoms with Gasteiger partial charge in [-0.3, -0.25) is 0 Å². The van der Waals surface area contributed by atoms with Gasteiger partial charge in [-0.15, -0.1) is 0 Å². The van der Waals surface area contributed by atoms with Gasteiger partial charge in [0, 0.05) is 6.08 Å². The first-order valence-corrected chi connectivity index (χ1v) is 1.82. The minimum Gasteiger partial charge on any atom is -0.869 e. The Bertz CT molecular complexity index is 168. The fourth-order valence-electron chi connectivity index (χ4n) is 0.140. The molecule has 0 rings (SSSR count). The average molecular weight is 175 g/mol. The topological polar surface area (TPSA) is 46.8 Å². The van der Waals surface area contributed by atoms with Crippen molar-refractivity contribution in [1.82, 2.24) is 0 Å². The summed E-state index contributed by atoms with van der Waals surface area (Å²) in [6.07, 6.45) is -4.99. The summed E-state index contributed by atoms with van der Waals surface area (Å²) in [6, 6.07) is 0.979. The van der Waals surface area contributed by atoms with Gasteiger partial charge in [-0.1, -0.05) is 0 Å². The summed E-state index contributed by atoms with van der Waals surface area (Å²) in [6.45, 7) is 0. The molecule has 0 aliphatic heterocycles. The van der Waals surface area contributed by atoms with Gasteiger partial charge in [-0.25, -0.2) is 0 Å². The van der Waals surface area contributed by atoms with Crippen molar-refractivity contribution >= 4 is 0 Å². The van der Waals surface area contributed by atoms with E-state index < -0.39 is 11.9 Å². The van der Waals surface area contributed by atoms with E-state index in [1.165, 1.54) is 0 Å². The number of rotatable bonds is 0. The van der Waals surface area contributed by atoms with E-state index in [-0.39, 0.29) is 57.5 Å². The SMILES string of the molecule is N#CC=C([O-])C(F)(F)F.[K+]. The van der Waals surface area contributed by atoms with E-state index in [1.807, 2.05) is 0 Å². The van der Waals surface area contributed by atoms with Crippen molar-refractivity contribution in [1.29, 1.82) is 5.26 Å². The summed E-state index contributed by atoms with van der Waals surface area (Å²) in [4.78, 5) is 0. The van der Waals surface area contributed by atoms with Crippen molar-refractivity contribution in [2.45, 2.75) is 6.18 Å². The fraction of sp³-hybridized carbons (Fsp3) is 0.250. The maximum atomic E-state index is 11.1. The molecule has 0 atom stereocenters. The van der Waals surface area contributed by atoms with Crippen LogP contribution in [0.25, 0.3) is 0 Å². The second-order valence-electron chi connectivity index (χ2n) is 1.14. The van der Waals surface area contributed by atoms with Gasteiger partial charge in [0.2, 0.25) is 0 Å². The Morgan fingerprint density at radius 3 is 2.00 bits per heavy atom. The first kappa shape index (κ1) is 13.1. The standard InChI is InChI=1S/C4H2F3NO.K/c5-4(6,7)3(9)1-2-8;/h1,9H;/q;+1/p-1. The maximum Gasteiger partial charge on any atom is 1.00 e. The molecule has 0 bridgehead atoms. The number of hydrogen-bond donors (Lipinski definition) is 0. The van der Waals surface area contributed by atoms with Gasteiger partial charge < -0.3 is 5.11 Å². The van der Waals surface area contributed by atoms with Crippen LogP contribution < -0.4 is 56.5 Å². The van der Waals surface area contributed by atoms with Crippen molar-refractivity contribution in [2.75, 3.05) is 0 Å². The summed E-state index contributed by atoms with van der Waals surface area (Å²) in [5.41, 5.74) is 0. The molecule has 0 aliphatic rings. The molecule has 0 aliphatic carbocycles. The van der Waals surface area contributed by atoms with Gasteiger partial charge in [-0.05, 0) is 5.76 Å². The van der Waals surface area contributed by atoms with Crippen LogP contribution in [0.3, 0.4) is 0 Å². The Labute approximate surface area is 97.8 Å². The van der Waals surface area contributed by atoms with E-state index in [0.717, 1.165) is 6.07 Å². The molecular weight excluding hydrogens is 174 g/mol. The van der Waals surface area contributed by atoms with E-state index in [9.17, 15) is 18.3 Å². The average Bonchev–Trinajstić information content (AvgIpc) is 1.64. The Hall–Kier alpha value is 0.456. The Balaban J connectivity index is 0. The third kappa shape index (κ3) is 5.26. The van der Waals surface area contributed by atoms with Crippen LogP contribution in [-0.4, -0.2) is 6.18 Å². The number of allylic oxidation sites excluding steroid dienone is 2. The smallest absolute Gasteiger partial charge is 0.869 e. The molecule has 0 heterocycles. The molecule has 0 N–H and O–H groups in total. The number of alkyl halides is 3. The van der Waals surface area contributed by atoms with Gasteiger partial charge >= 0.3 is 57.6 Å². The number of hydrogen-bond acceptors (Lipinski definition) is 2. The van der Waals surface area contributed by atoms with Gasteiger partial charge in [0.25, 0.3) is 0 Å². The van der Waals surface area contributed by atoms with E-state index in [2.05, 4.69) is 0 Å². The first-order chi connectivity index (χ1) is 3.98. The summed E-state index contributed by atoms with van der Waals surface area (Å²) in [7, 11) is 0. The zero-order valence-corrected chi connectivity index (χ0v) is 8.19. The largest absolute Gasteiger partial charge is 1.00 e. The van der Waals surface area contributed by atoms with Gasteiger partial charge in [-0.2, -0.15) is 18.4 Å². The van der Waals surface area contributed by atoms with Crippen LogP contribution in [0.5, 0.6) is 0 Å². The second-order valence-corrected chi connectivity index (χ2v) is 1.14. The van der Waals surface area contributed by atoms with Gasteiger partial charge in [0.15, 0.2) is 0 Å². The van der Waals surface area contributed by atoms with E-state index in [0.29, 0.717) is 0 Å². The third-order valence-corrected chi connectivity index (χ3v) is 0.475. The molecule has 10 heavy (non-hydrogen) atoms. The summed E-state index contributed by atoms with van der Waals surface area (Å²) in [5.74, 6) is -2.12. The molecule has 0 unspecified atom stereocenters. The molecule has 50 valence electrons. The molecule has 0 fully saturated rings. The van der Waals surface area contributed by atoms with E-state index in [4.69, 9.17) is 5.26 Å². The number of nitrogens with zero attached hydrogens (tertiary/aromatic N) is 1. The minimum atomic E-state index is -4.91. The zero-order valence-electron chi connectivity index (χ0n) is 5.07. The number of nitriles is 1. The monoisotopic (exact) mass is 175 g/mol. The van der Waals surface area contributed by atoms with Crippen molar-refractivity contribution in [3.63, 3.8) is 0 Å². The van der Waals surface area contributed by atoms with Crippen LogP contribution in [0.2, 0.25) is 0 Å². The van der Waals surface area contributed by atoms with E-state index in [1.54, 1.807) is 0 Å². The third-order valence-electron chi connectivity index (χ3n) is 0.475. The maximum absolute atomic E-state index is 11.1. The normalized spacial score (nSPS) is 11.6. The van der Waals surface area contributed by atoms with Crippen molar-refractivity contribution in [3.8, 4) is 6.07 Å². The molecular formula is C4HF3KNO. The first-order valence-electron chi connectivity index (χ1n) is 1.82. The van der Waals surface area contributed by atoms with Crippen LogP contribution in [0.1, 0.15) is 0 Å². The molecule has 0 radical (unpaired) electrons. The molecule has 0 aromatic heterocycles. The molecule has 0 amide bonds. The van der Waals surface area contributed by atoms with Crippen LogP contribution in [0.4, 0.5) is 13.2 Å². The predicted molar refractivity (Wildman–Crippen MR) is 19.8 cm³/mol. The van der Waals surface area contributed by atoms with Crippen molar-refractivity contribution < 1.29 is 69.7 Å². The van der Waals surface area contributed by atoms with Crippen LogP contribution >= 0.6 is 0 Å². The van der Waals surface area contributed by atoms with Crippen LogP contribution in [0.15, 0.2) is 11.8 Å². The Morgan fingerprint density at radius 2 is 1.90 bits per heavy atom. The number of halogens is 3. The Kier molecular flexibility index (Phi) is 6.74. The van der Waals surface area contributed by atoms with Crippen molar-refractivity contribution in [3.05, 3.63) is 11.8 Å². The summed E-state index contributed by atoms with van der Waals surface area (Å²) in [5, 5.41) is 17.2. The predicted octanol–water partition coefficient (Wildman–Crippen LogP) is -2.68. The van der Waals surface area contributed by atoms with E-state index >= 15 is 0 Å². The summed E-state index contributed by atoms with van der Waals surface area (Å²) >= 11 is 0. The Morgan fingerprint density at radius 1 is 1.50 bits per heavy atom. The van der Waals surface area contributed by atoms with Crippen molar-refractivity contribution in [2.24, 2.45) is 0 Å². The summed E-state index contributed by atoms with van der Waals surface area (Å²) < 4.78 is 33.3. The fourth-order valence-corrected chi connectivity index (χ4v) is 0.140. The molecule has 0 aromatic rings. The molecule has 0 spiro atoms. The van der Waals surface area contributed by atoms with Crippen LogP contribution in [-0.2, 0) is 0 Å². The molecule has 0 saturated carbocycles. The minimum absolute atomic E-state index is 0.